The number of halogens is 2. The fourth-order valence-electron chi connectivity index (χ4n) is 2.49. The Morgan fingerprint density at radius 1 is 1.24 bits per heavy atom. The first kappa shape index (κ1) is 15.6. The molecule has 0 fully saturated rings. The van der Waals surface area contributed by atoms with Gasteiger partial charge < -0.3 is 4.90 Å². The van der Waals surface area contributed by atoms with E-state index in [1.165, 1.54) is 12.4 Å². The van der Waals surface area contributed by atoms with Gasteiger partial charge >= 0.3 is 6.55 Å². The maximum atomic E-state index is 13.0. The van der Waals surface area contributed by atoms with Crippen molar-refractivity contribution in [1.82, 2.24) is 29.4 Å². The minimum Gasteiger partial charge on any atom is -0.351 e. The van der Waals surface area contributed by atoms with Gasteiger partial charge in [-0.2, -0.15) is 24.6 Å². The maximum absolute atomic E-state index is 13.0. The summed E-state index contributed by atoms with van der Waals surface area (Å²) in [6.07, 6.45) is 2.62. The van der Waals surface area contributed by atoms with Crippen LogP contribution in [0.15, 0.2) is 41.4 Å². The molecule has 25 heavy (non-hydrogen) atoms. The third-order valence-corrected chi connectivity index (χ3v) is 4.44. The van der Waals surface area contributed by atoms with Crippen LogP contribution in [0.2, 0.25) is 0 Å². The lowest BCUT2D eigenvalue weighted by atomic mass is 10.3. The highest BCUT2D eigenvalue weighted by molar-refractivity contribution is 7.08. The maximum Gasteiger partial charge on any atom is 0.319 e. The molecule has 0 N–H and O–H groups in total. The predicted molar refractivity (Wildman–Crippen MR) is 89.7 cm³/mol. The van der Waals surface area contributed by atoms with Crippen molar-refractivity contribution in [2.45, 2.75) is 13.1 Å². The Balaban J connectivity index is 1.67. The molecule has 0 amide bonds. The van der Waals surface area contributed by atoms with Gasteiger partial charge in [-0.1, -0.05) is 0 Å². The molecular formula is C15H13F2N7S. The van der Waals surface area contributed by atoms with Crippen LogP contribution in [-0.4, -0.2) is 36.4 Å². The van der Waals surface area contributed by atoms with Crippen LogP contribution < -0.4 is 4.90 Å². The van der Waals surface area contributed by atoms with Crippen molar-refractivity contribution >= 4 is 22.8 Å². The monoisotopic (exact) mass is 361 g/mol. The summed E-state index contributed by atoms with van der Waals surface area (Å²) in [7, 11) is 1.77. The lowest BCUT2D eigenvalue weighted by molar-refractivity contribution is 0.0670. The highest BCUT2D eigenvalue weighted by atomic mass is 32.1. The normalized spacial score (nSPS) is 11.5. The molecule has 4 aromatic rings. The van der Waals surface area contributed by atoms with Crippen LogP contribution in [0, 0.1) is 0 Å². The van der Waals surface area contributed by atoms with Crippen LogP contribution in [0.5, 0.6) is 0 Å². The smallest absolute Gasteiger partial charge is 0.319 e. The zero-order valence-corrected chi connectivity index (χ0v) is 13.9. The zero-order chi connectivity index (χ0) is 17.4. The molecule has 4 rings (SSSR count). The quantitative estimate of drug-likeness (QED) is 0.547. The van der Waals surface area contributed by atoms with Crippen LogP contribution in [0.25, 0.3) is 17.0 Å². The first-order chi connectivity index (χ1) is 12.1. The van der Waals surface area contributed by atoms with Gasteiger partial charge in [0.2, 0.25) is 0 Å². The fourth-order valence-corrected chi connectivity index (χ4v) is 3.13. The Hall–Kier alpha value is -2.88. The molecule has 0 spiro atoms. The summed E-state index contributed by atoms with van der Waals surface area (Å²) >= 11 is 1.56. The molecule has 10 heteroatoms. The average Bonchev–Trinajstić information content (AvgIpc) is 3.33. The number of nitrogens with zero attached hydrogens (tertiary/aromatic N) is 7. The summed E-state index contributed by atoms with van der Waals surface area (Å²) in [5.74, 6) is 1.51. The van der Waals surface area contributed by atoms with Crippen molar-refractivity contribution in [2.75, 3.05) is 11.9 Å². The second-order valence-electron chi connectivity index (χ2n) is 5.38. The van der Waals surface area contributed by atoms with Crippen molar-refractivity contribution in [3.63, 3.8) is 0 Å². The molecule has 0 radical (unpaired) electrons. The molecule has 7 nitrogen and oxygen atoms in total. The van der Waals surface area contributed by atoms with Gasteiger partial charge in [0.05, 0.1) is 6.54 Å². The number of hydrogen-bond acceptors (Lipinski definition) is 6. The van der Waals surface area contributed by atoms with Crippen molar-refractivity contribution < 1.29 is 8.78 Å². The second-order valence-corrected chi connectivity index (χ2v) is 6.16. The summed E-state index contributed by atoms with van der Waals surface area (Å²) in [6.45, 7) is -2.42. The zero-order valence-electron chi connectivity index (χ0n) is 13.1. The summed E-state index contributed by atoms with van der Waals surface area (Å²) in [5.41, 5.74) is 1.55. The molecule has 0 bridgehead atoms. The van der Waals surface area contributed by atoms with Crippen molar-refractivity contribution in [2.24, 2.45) is 0 Å². The third-order valence-electron chi connectivity index (χ3n) is 3.76. The number of anilines is 1. The van der Waals surface area contributed by atoms with Crippen LogP contribution >= 0.6 is 11.3 Å². The van der Waals surface area contributed by atoms with Crippen LogP contribution in [0.3, 0.4) is 0 Å². The molecule has 128 valence electrons. The molecule has 4 aromatic heterocycles. The largest absolute Gasteiger partial charge is 0.351 e. The number of fused-ring (bicyclic) bond motifs is 1. The number of rotatable bonds is 5. The Morgan fingerprint density at radius 3 is 2.88 bits per heavy atom. The van der Waals surface area contributed by atoms with E-state index < -0.39 is 6.55 Å². The van der Waals surface area contributed by atoms with Crippen molar-refractivity contribution in [1.29, 1.82) is 0 Å². The standard InChI is InChI=1S/C15H13F2N7S/c1-22(8-13-18-5-6-23(13)15(16)17)12-3-2-11-19-20-14(24(11)21-12)10-4-7-25-9-10/h2-7,9,15H,8H2,1H3. The van der Waals surface area contributed by atoms with E-state index in [2.05, 4.69) is 20.3 Å². The lowest BCUT2D eigenvalue weighted by Gasteiger charge is -2.18. The number of aromatic nitrogens is 6. The molecule has 4 heterocycles. The minimum absolute atomic E-state index is 0.200. The molecular weight excluding hydrogens is 348 g/mol. The molecule has 0 saturated carbocycles. The number of alkyl halides is 2. The van der Waals surface area contributed by atoms with Crippen molar-refractivity contribution in [3.8, 4) is 11.4 Å². The van der Waals surface area contributed by atoms with Gasteiger partial charge in [0.1, 0.15) is 11.6 Å². The Kier molecular flexibility index (Phi) is 3.88. The van der Waals surface area contributed by atoms with E-state index in [1.807, 2.05) is 16.8 Å². The van der Waals surface area contributed by atoms with E-state index in [1.54, 1.807) is 39.9 Å². The highest BCUT2D eigenvalue weighted by Crippen LogP contribution is 2.22. The topological polar surface area (TPSA) is 64.1 Å². The molecule has 0 aliphatic carbocycles. The molecule has 0 aliphatic rings. The Morgan fingerprint density at radius 2 is 2.12 bits per heavy atom. The first-order valence-corrected chi connectivity index (χ1v) is 8.34. The third kappa shape index (κ3) is 2.84. The van der Waals surface area contributed by atoms with E-state index in [4.69, 9.17) is 0 Å². The van der Waals surface area contributed by atoms with Gasteiger partial charge in [-0.25, -0.2) is 4.98 Å². The van der Waals surface area contributed by atoms with Crippen LogP contribution in [0.4, 0.5) is 14.6 Å². The van der Waals surface area contributed by atoms with E-state index >= 15 is 0 Å². The molecule has 0 aromatic carbocycles. The summed E-state index contributed by atoms with van der Waals surface area (Å²) in [5, 5.41) is 16.7. The highest BCUT2D eigenvalue weighted by Gasteiger charge is 2.16. The van der Waals surface area contributed by atoms with Gasteiger partial charge in [0.15, 0.2) is 11.5 Å². The summed E-state index contributed by atoms with van der Waals surface area (Å²) in [4.78, 5) is 5.74. The molecule has 0 saturated heterocycles. The lowest BCUT2D eigenvalue weighted by Crippen LogP contribution is -2.21. The van der Waals surface area contributed by atoms with Gasteiger partial charge in [-0.3, -0.25) is 4.57 Å². The number of imidazole rings is 1. The summed E-state index contributed by atoms with van der Waals surface area (Å²) < 4.78 is 28.4. The second kappa shape index (κ2) is 6.20. The van der Waals surface area contributed by atoms with Gasteiger partial charge in [-0.15, -0.1) is 15.3 Å². The first-order valence-electron chi connectivity index (χ1n) is 7.39. The fraction of sp³-hybridized carbons (Fsp3) is 0.200. The molecule has 0 atom stereocenters. The Labute approximate surface area is 145 Å². The van der Waals surface area contributed by atoms with Gasteiger partial charge in [-0.05, 0) is 23.6 Å². The van der Waals surface area contributed by atoms with E-state index in [-0.39, 0.29) is 12.4 Å². The molecule has 0 unspecified atom stereocenters. The van der Waals surface area contributed by atoms with E-state index in [9.17, 15) is 8.78 Å². The Bertz CT molecular complexity index is 993. The summed E-state index contributed by atoms with van der Waals surface area (Å²) in [6, 6.07) is 5.51. The van der Waals surface area contributed by atoms with Gasteiger partial charge in [0.25, 0.3) is 0 Å². The number of thiophene rings is 1. The van der Waals surface area contributed by atoms with E-state index in [0.29, 0.717) is 17.3 Å². The van der Waals surface area contributed by atoms with Crippen LogP contribution in [-0.2, 0) is 6.54 Å². The molecule has 0 aliphatic heterocycles. The average molecular weight is 361 g/mol. The van der Waals surface area contributed by atoms with E-state index in [0.717, 1.165) is 10.1 Å². The van der Waals surface area contributed by atoms with Crippen LogP contribution in [0.1, 0.15) is 12.4 Å². The minimum atomic E-state index is -2.62. The van der Waals surface area contributed by atoms with Crippen molar-refractivity contribution in [3.05, 3.63) is 47.2 Å². The predicted octanol–water partition coefficient (Wildman–Crippen LogP) is 3.08. The number of hydrogen-bond donors (Lipinski definition) is 0. The van der Waals surface area contributed by atoms with Gasteiger partial charge in [0, 0.05) is 30.4 Å². The SMILES string of the molecule is CN(Cc1nccn1C(F)F)c1ccc2nnc(-c3ccsc3)n2n1.